The molecule has 1 heterocycles. The summed E-state index contributed by atoms with van der Waals surface area (Å²) in [5.74, 6) is 0.354. The molecule has 2 aromatic rings. The van der Waals surface area contributed by atoms with Crippen LogP contribution >= 0.6 is 21.6 Å². The third kappa shape index (κ3) is 7.54. The monoisotopic (exact) mass is 408 g/mol. The Bertz CT molecular complexity index is 799. The smallest absolute Gasteiger partial charge is 0.411 e. The molecule has 1 aromatic carbocycles. The van der Waals surface area contributed by atoms with Gasteiger partial charge in [-0.1, -0.05) is 10.8 Å². The summed E-state index contributed by atoms with van der Waals surface area (Å²) >= 11 is 0. The third-order valence-corrected chi connectivity index (χ3v) is 5.16. The minimum atomic E-state index is -0.582. The molecule has 0 atom stereocenters. The van der Waals surface area contributed by atoms with Gasteiger partial charge in [-0.15, -0.1) is 0 Å². The number of nitrogens with zero attached hydrogens (tertiary/aromatic N) is 2. The first kappa shape index (κ1) is 20.5. The number of nitrogens with one attached hydrogen (secondary N) is 2. The number of benzene rings is 1. The molecule has 0 bridgehead atoms. The standard InChI is InChI=1S/C16H16N4O5S2/c1-11(21)18-12-2-4-13(5-3-12)19-16(22)25-8-9-26-27-15-7-6-14(10-17-15)20(23)24/h2-7,10H,8-9H2,1H3,(H,18,21)(H,19,22). The first-order valence-electron chi connectivity index (χ1n) is 7.65. The van der Waals surface area contributed by atoms with E-state index in [9.17, 15) is 19.7 Å². The second-order valence-electron chi connectivity index (χ2n) is 5.04. The zero-order chi connectivity index (χ0) is 19.6. The van der Waals surface area contributed by atoms with Gasteiger partial charge in [0.15, 0.2) is 0 Å². The lowest BCUT2D eigenvalue weighted by Gasteiger charge is -2.08. The highest BCUT2D eigenvalue weighted by Crippen LogP contribution is 2.29. The number of nitro groups is 1. The molecule has 2 N–H and O–H groups in total. The molecule has 11 heteroatoms. The van der Waals surface area contributed by atoms with Crippen LogP contribution in [0.2, 0.25) is 0 Å². The van der Waals surface area contributed by atoms with Crippen molar-refractivity contribution in [2.24, 2.45) is 0 Å². The topological polar surface area (TPSA) is 123 Å². The maximum absolute atomic E-state index is 11.7. The van der Waals surface area contributed by atoms with Crippen molar-refractivity contribution in [1.29, 1.82) is 0 Å². The first-order chi connectivity index (χ1) is 12.9. The van der Waals surface area contributed by atoms with E-state index in [1.54, 1.807) is 30.3 Å². The average Bonchev–Trinajstić information content (AvgIpc) is 2.63. The summed E-state index contributed by atoms with van der Waals surface area (Å²) in [5.41, 5.74) is 1.12. The van der Waals surface area contributed by atoms with E-state index >= 15 is 0 Å². The van der Waals surface area contributed by atoms with Gasteiger partial charge < -0.3 is 10.1 Å². The lowest BCUT2D eigenvalue weighted by molar-refractivity contribution is -0.385. The Labute approximate surface area is 162 Å². The highest BCUT2D eigenvalue weighted by molar-refractivity contribution is 8.76. The van der Waals surface area contributed by atoms with Crippen LogP contribution in [0.4, 0.5) is 21.9 Å². The first-order valence-corrected chi connectivity index (χ1v) is 9.97. The average molecular weight is 408 g/mol. The lowest BCUT2D eigenvalue weighted by atomic mass is 10.3. The normalized spacial score (nSPS) is 10.1. The van der Waals surface area contributed by atoms with Gasteiger partial charge in [0, 0.05) is 30.1 Å². The van der Waals surface area contributed by atoms with E-state index in [4.69, 9.17) is 4.74 Å². The summed E-state index contributed by atoms with van der Waals surface area (Å²) < 4.78 is 5.07. The molecule has 0 unspecified atom stereocenters. The minimum Gasteiger partial charge on any atom is -0.448 e. The molecule has 0 radical (unpaired) electrons. The van der Waals surface area contributed by atoms with E-state index in [1.807, 2.05) is 0 Å². The van der Waals surface area contributed by atoms with Crippen LogP contribution in [0.5, 0.6) is 0 Å². The second kappa shape index (κ2) is 10.4. The van der Waals surface area contributed by atoms with Gasteiger partial charge in [-0.05, 0) is 41.1 Å². The van der Waals surface area contributed by atoms with Crippen LogP contribution in [-0.4, -0.2) is 34.3 Å². The Kier molecular flexibility index (Phi) is 7.89. The van der Waals surface area contributed by atoms with Gasteiger partial charge in [0.1, 0.15) is 17.8 Å². The van der Waals surface area contributed by atoms with Crippen LogP contribution in [0, 0.1) is 10.1 Å². The van der Waals surface area contributed by atoms with Gasteiger partial charge in [0.25, 0.3) is 5.69 Å². The van der Waals surface area contributed by atoms with Gasteiger partial charge in [-0.25, -0.2) is 9.78 Å². The number of carbonyl (C=O) groups is 2. The highest BCUT2D eigenvalue weighted by Gasteiger charge is 2.07. The predicted molar refractivity (Wildman–Crippen MR) is 105 cm³/mol. The van der Waals surface area contributed by atoms with Gasteiger partial charge in [0.2, 0.25) is 5.91 Å². The maximum Gasteiger partial charge on any atom is 0.411 e. The maximum atomic E-state index is 11.7. The summed E-state index contributed by atoms with van der Waals surface area (Å²) in [6.07, 6.45) is 0.616. The number of aromatic nitrogens is 1. The Balaban J connectivity index is 1.64. The molecule has 2 amide bonds. The SMILES string of the molecule is CC(=O)Nc1ccc(NC(=O)OCCSSc2ccc([N+](=O)[O-])cn2)cc1. The predicted octanol–water partition coefficient (Wildman–Crippen LogP) is 3.94. The van der Waals surface area contributed by atoms with E-state index in [-0.39, 0.29) is 18.2 Å². The van der Waals surface area contributed by atoms with Gasteiger partial charge in [-0.3, -0.25) is 20.2 Å². The van der Waals surface area contributed by atoms with Gasteiger partial charge in [0.05, 0.1) is 4.92 Å². The molecule has 1 aromatic heterocycles. The zero-order valence-corrected chi connectivity index (χ0v) is 15.8. The van der Waals surface area contributed by atoms with Crippen molar-refractivity contribution < 1.29 is 19.2 Å². The quantitative estimate of drug-likeness (QED) is 0.291. The van der Waals surface area contributed by atoms with E-state index in [1.165, 1.54) is 40.8 Å². The van der Waals surface area contributed by atoms with E-state index in [2.05, 4.69) is 15.6 Å². The fraction of sp³-hybridized carbons (Fsp3) is 0.188. The van der Waals surface area contributed by atoms with E-state index < -0.39 is 11.0 Å². The second-order valence-corrected chi connectivity index (χ2v) is 7.47. The van der Waals surface area contributed by atoms with E-state index in [0.29, 0.717) is 22.2 Å². The summed E-state index contributed by atoms with van der Waals surface area (Å²) in [6, 6.07) is 9.58. The number of hydrogen-bond donors (Lipinski definition) is 2. The highest BCUT2D eigenvalue weighted by atomic mass is 33.1. The van der Waals surface area contributed by atoms with Crippen LogP contribution < -0.4 is 10.6 Å². The molecule has 0 aliphatic carbocycles. The molecule has 0 saturated heterocycles. The molecule has 0 aliphatic rings. The Hall–Kier alpha value is -2.79. The summed E-state index contributed by atoms with van der Waals surface area (Å²) in [5, 5.41) is 16.4. The van der Waals surface area contributed by atoms with Crippen molar-refractivity contribution in [2.75, 3.05) is 23.0 Å². The summed E-state index contributed by atoms with van der Waals surface area (Å²) in [4.78, 5) is 36.7. The fourth-order valence-corrected chi connectivity index (χ4v) is 3.48. The Morgan fingerprint density at radius 1 is 1.15 bits per heavy atom. The largest absolute Gasteiger partial charge is 0.448 e. The molecule has 0 spiro atoms. The lowest BCUT2D eigenvalue weighted by Crippen LogP contribution is -2.15. The number of ether oxygens (including phenoxy) is 1. The molecular weight excluding hydrogens is 392 g/mol. The Morgan fingerprint density at radius 3 is 2.37 bits per heavy atom. The van der Waals surface area contributed by atoms with Crippen molar-refractivity contribution in [3.05, 3.63) is 52.7 Å². The molecule has 0 aliphatic heterocycles. The summed E-state index contributed by atoms with van der Waals surface area (Å²) in [7, 11) is 2.76. The van der Waals surface area contributed by atoms with Crippen LogP contribution in [0.3, 0.4) is 0 Å². The van der Waals surface area contributed by atoms with Crippen molar-refractivity contribution in [2.45, 2.75) is 11.9 Å². The molecule has 142 valence electrons. The molecule has 0 saturated carbocycles. The Morgan fingerprint density at radius 2 is 1.81 bits per heavy atom. The summed E-state index contributed by atoms with van der Waals surface area (Å²) in [6.45, 7) is 1.61. The van der Waals surface area contributed by atoms with Crippen molar-refractivity contribution >= 4 is 50.7 Å². The number of pyridine rings is 1. The number of carbonyl (C=O) groups excluding carboxylic acids is 2. The van der Waals surface area contributed by atoms with Crippen molar-refractivity contribution in [3.63, 3.8) is 0 Å². The van der Waals surface area contributed by atoms with Gasteiger partial charge in [-0.2, -0.15) is 0 Å². The van der Waals surface area contributed by atoms with Crippen molar-refractivity contribution in [3.8, 4) is 0 Å². The van der Waals surface area contributed by atoms with Crippen LogP contribution in [0.25, 0.3) is 0 Å². The molecule has 2 rings (SSSR count). The van der Waals surface area contributed by atoms with Crippen LogP contribution in [-0.2, 0) is 9.53 Å². The van der Waals surface area contributed by atoms with Crippen LogP contribution in [0.1, 0.15) is 6.92 Å². The molecule has 27 heavy (non-hydrogen) atoms. The fourth-order valence-electron chi connectivity index (χ4n) is 1.79. The number of amides is 2. The third-order valence-electron chi connectivity index (χ3n) is 2.93. The van der Waals surface area contributed by atoms with E-state index in [0.717, 1.165) is 0 Å². The molecular formula is C16H16N4O5S2. The number of anilines is 2. The van der Waals surface area contributed by atoms with Gasteiger partial charge >= 0.3 is 6.09 Å². The molecule has 9 nitrogen and oxygen atoms in total. The number of hydrogen-bond acceptors (Lipinski definition) is 8. The number of rotatable bonds is 8. The zero-order valence-electron chi connectivity index (χ0n) is 14.2. The van der Waals surface area contributed by atoms with Crippen LogP contribution in [0.15, 0.2) is 47.6 Å². The van der Waals surface area contributed by atoms with Crippen molar-refractivity contribution in [1.82, 2.24) is 4.98 Å². The minimum absolute atomic E-state index is 0.0607. The molecule has 0 fully saturated rings.